The Morgan fingerprint density at radius 1 is 1.00 bits per heavy atom. The zero-order valence-corrected chi connectivity index (χ0v) is 18.3. The molecule has 0 radical (unpaired) electrons. The lowest BCUT2D eigenvalue weighted by Crippen LogP contribution is -2.36. The van der Waals surface area contributed by atoms with Crippen LogP contribution in [0.25, 0.3) is 32.7 Å². The van der Waals surface area contributed by atoms with Gasteiger partial charge in [-0.1, -0.05) is 41.9 Å². The standard InChI is InChI=1S/C24H22ClN3OS/c1-27-13-11-19(12-14-27)28-22(17-7-9-18(25)10-8-17)26-23-21(24(28)29)20(15-30-23)16-5-3-2-4-6-16/h2-10,15,19H,11-14H2,1H3. The number of thiophene rings is 1. The normalized spacial score (nSPS) is 15.7. The van der Waals surface area contributed by atoms with Crippen LogP contribution in [0, 0.1) is 0 Å². The van der Waals surface area contributed by atoms with Gasteiger partial charge in [0.05, 0.1) is 5.39 Å². The summed E-state index contributed by atoms with van der Waals surface area (Å²) in [4.78, 5) is 22.0. The van der Waals surface area contributed by atoms with E-state index in [-0.39, 0.29) is 11.6 Å². The van der Waals surface area contributed by atoms with E-state index in [1.807, 2.05) is 59.2 Å². The molecule has 0 N–H and O–H groups in total. The minimum atomic E-state index is 0.0552. The van der Waals surface area contributed by atoms with Crippen molar-refractivity contribution in [1.29, 1.82) is 0 Å². The zero-order valence-electron chi connectivity index (χ0n) is 16.7. The van der Waals surface area contributed by atoms with Crippen molar-refractivity contribution in [3.63, 3.8) is 0 Å². The molecule has 4 nitrogen and oxygen atoms in total. The van der Waals surface area contributed by atoms with Crippen molar-refractivity contribution in [3.05, 3.63) is 75.4 Å². The first-order chi connectivity index (χ1) is 14.6. The minimum Gasteiger partial charge on any atom is -0.306 e. The van der Waals surface area contributed by atoms with Gasteiger partial charge in [-0.05, 0) is 62.8 Å². The molecule has 30 heavy (non-hydrogen) atoms. The summed E-state index contributed by atoms with van der Waals surface area (Å²) in [5.41, 5.74) is 3.00. The summed E-state index contributed by atoms with van der Waals surface area (Å²) in [5, 5.41) is 3.46. The highest BCUT2D eigenvalue weighted by Crippen LogP contribution is 2.34. The minimum absolute atomic E-state index is 0.0552. The van der Waals surface area contributed by atoms with Crippen LogP contribution < -0.4 is 5.56 Å². The van der Waals surface area contributed by atoms with Crippen LogP contribution in [0.4, 0.5) is 0 Å². The van der Waals surface area contributed by atoms with Crippen LogP contribution in [0.1, 0.15) is 18.9 Å². The number of likely N-dealkylation sites (tertiary alicyclic amines) is 1. The van der Waals surface area contributed by atoms with Crippen LogP contribution in [0.3, 0.4) is 0 Å². The third-order valence-corrected chi connectivity index (χ3v) is 7.00. The molecule has 5 rings (SSSR count). The molecule has 0 aliphatic carbocycles. The Bertz CT molecular complexity index is 1240. The lowest BCUT2D eigenvalue weighted by molar-refractivity contribution is 0.219. The first-order valence-corrected chi connectivity index (χ1v) is 11.4. The smallest absolute Gasteiger partial charge is 0.263 e. The van der Waals surface area contributed by atoms with Crippen molar-refractivity contribution < 1.29 is 0 Å². The van der Waals surface area contributed by atoms with Crippen LogP contribution in [-0.2, 0) is 0 Å². The fourth-order valence-electron chi connectivity index (χ4n) is 4.23. The Balaban J connectivity index is 1.75. The van der Waals surface area contributed by atoms with Gasteiger partial charge in [-0.2, -0.15) is 0 Å². The monoisotopic (exact) mass is 435 g/mol. The summed E-state index contributed by atoms with van der Waals surface area (Å²) in [5.74, 6) is 0.736. The lowest BCUT2D eigenvalue weighted by atomic mass is 10.0. The molecule has 3 heterocycles. The number of benzene rings is 2. The Morgan fingerprint density at radius 2 is 1.70 bits per heavy atom. The van der Waals surface area contributed by atoms with E-state index in [0.29, 0.717) is 5.02 Å². The van der Waals surface area contributed by atoms with Crippen molar-refractivity contribution in [2.75, 3.05) is 20.1 Å². The summed E-state index contributed by atoms with van der Waals surface area (Å²) in [6.07, 6.45) is 1.88. The Morgan fingerprint density at radius 3 is 2.40 bits per heavy atom. The van der Waals surface area contributed by atoms with Gasteiger partial charge in [0.1, 0.15) is 10.7 Å². The topological polar surface area (TPSA) is 38.1 Å². The Labute approximate surface area is 184 Å². The number of fused-ring (bicyclic) bond motifs is 1. The van der Waals surface area contributed by atoms with Gasteiger partial charge in [0.25, 0.3) is 5.56 Å². The lowest BCUT2D eigenvalue weighted by Gasteiger charge is -2.31. The van der Waals surface area contributed by atoms with Gasteiger partial charge in [-0.3, -0.25) is 9.36 Å². The van der Waals surface area contributed by atoms with E-state index in [9.17, 15) is 4.79 Å². The molecule has 6 heteroatoms. The molecular weight excluding hydrogens is 414 g/mol. The van der Waals surface area contributed by atoms with E-state index in [1.165, 1.54) is 11.3 Å². The SMILES string of the molecule is CN1CCC(n2c(-c3ccc(Cl)cc3)nc3scc(-c4ccccc4)c3c2=O)CC1. The summed E-state index contributed by atoms with van der Waals surface area (Å²) in [6, 6.07) is 17.9. The van der Waals surface area contributed by atoms with Crippen LogP contribution in [-0.4, -0.2) is 34.6 Å². The van der Waals surface area contributed by atoms with Crippen molar-refractivity contribution in [2.24, 2.45) is 0 Å². The fourth-order valence-corrected chi connectivity index (χ4v) is 5.29. The molecule has 152 valence electrons. The van der Waals surface area contributed by atoms with Gasteiger partial charge < -0.3 is 4.90 Å². The first-order valence-electron chi connectivity index (χ1n) is 10.2. The van der Waals surface area contributed by atoms with E-state index in [1.54, 1.807) is 0 Å². The average Bonchev–Trinajstić information content (AvgIpc) is 3.20. The molecular formula is C24H22ClN3OS. The molecule has 0 atom stereocenters. The summed E-state index contributed by atoms with van der Waals surface area (Å²) >= 11 is 7.64. The second-order valence-electron chi connectivity index (χ2n) is 7.85. The van der Waals surface area contributed by atoms with Crippen LogP contribution in [0.5, 0.6) is 0 Å². The third kappa shape index (κ3) is 3.47. The molecule has 0 bridgehead atoms. The maximum absolute atomic E-state index is 13.9. The van der Waals surface area contributed by atoms with Gasteiger partial charge in [-0.25, -0.2) is 4.98 Å². The highest BCUT2D eigenvalue weighted by molar-refractivity contribution is 7.17. The molecule has 0 spiro atoms. The van der Waals surface area contributed by atoms with E-state index in [2.05, 4.69) is 17.3 Å². The van der Waals surface area contributed by atoms with Crippen molar-refractivity contribution in [2.45, 2.75) is 18.9 Å². The molecule has 0 saturated carbocycles. The van der Waals surface area contributed by atoms with Crippen LogP contribution >= 0.6 is 22.9 Å². The summed E-state index contributed by atoms with van der Waals surface area (Å²) < 4.78 is 1.94. The molecule has 4 aromatic rings. The van der Waals surface area contributed by atoms with Gasteiger partial charge in [0, 0.05) is 27.6 Å². The third-order valence-electron chi connectivity index (χ3n) is 5.88. The largest absolute Gasteiger partial charge is 0.306 e. The molecule has 2 aromatic heterocycles. The molecule has 1 aliphatic heterocycles. The summed E-state index contributed by atoms with van der Waals surface area (Å²) in [7, 11) is 2.13. The van der Waals surface area contributed by atoms with Gasteiger partial charge in [-0.15, -0.1) is 11.3 Å². The number of rotatable bonds is 3. The van der Waals surface area contributed by atoms with E-state index < -0.39 is 0 Å². The van der Waals surface area contributed by atoms with Crippen LogP contribution in [0.2, 0.25) is 5.02 Å². The predicted octanol–water partition coefficient (Wildman–Crippen LogP) is 5.71. The van der Waals surface area contributed by atoms with E-state index in [4.69, 9.17) is 16.6 Å². The maximum Gasteiger partial charge on any atom is 0.263 e. The van der Waals surface area contributed by atoms with Gasteiger partial charge in [0.15, 0.2) is 0 Å². The van der Waals surface area contributed by atoms with Crippen molar-refractivity contribution in [1.82, 2.24) is 14.5 Å². The number of hydrogen-bond donors (Lipinski definition) is 0. The number of halogens is 1. The molecule has 0 amide bonds. The average molecular weight is 436 g/mol. The Hall–Kier alpha value is -2.47. The number of hydrogen-bond acceptors (Lipinski definition) is 4. The molecule has 2 aromatic carbocycles. The predicted molar refractivity (Wildman–Crippen MR) is 126 cm³/mol. The maximum atomic E-state index is 13.9. The van der Waals surface area contributed by atoms with Gasteiger partial charge in [0.2, 0.25) is 0 Å². The van der Waals surface area contributed by atoms with Crippen LogP contribution in [0.15, 0.2) is 64.8 Å². The highest BCUT2D eigenvalue weighted by atomic mass is 35.5. The second-order valence-corrected chi connectivity index (χ2v) is 9.14. The number of nitrogens with zero attached hydrogens (tertiary/aromatic N) is 3. The van der Waals surface area contributed by atoms with E-state index in [0.717, 1.165) is 58.7 Å². The van der Waals surface area contributed by atoms with Crippen molar-refractivity contribution >= 4 is 33.2 Å². The first kappa shape index (κ1) is 19.5. The highest BCUT2D eigenvalue weighted by Gasteiger charge is 2.25. The fraction of sp³-hybridized carbons (Fsp3) is 0.250. The number of piperidine rings is 1. The van der Waals surface area contributed by atoms with Crippen molar-refractivity contribution in [3.8, 4) is 22.5 Å². The second kappa shape index (κ2) is 7.99. The van der Waals surface area contributed by atoms with E-state index >= 15 is 0 Å². The van der Waals surface area contributed by atoms with Gasteiger partial charge >= 0.3 is 0 Å². The quantitative estimate of drug-likeness (QED) is 0.413. The molecule has 0 unspecified atom stereocenters. The molecule has 1 aliphatic rings. The zero-order chi connectivity index (χ0) is 20.7. The molecule has 1 saturated heterocycles. The molecule has 1 fully saturated rings. The summed E-state index contributed by atoms with van der Waals surface area (Å²) in [6.45, 7) is 1.95. The Kier molecular flexibility index (Phi) is 5.19. The number of aromatic nitrogens is 2.